The molecule has 0 spiro atoms. The summed E-state index contributed by atoms with van der Waals surface area (Å²) >= 11 is 1.08. The highest BCUT2D eigenvalue weighted by Gasteiger charge is 2.34. The number of sulfonamides is 1. The van der Waals surface area contributed by atoms with Crippen molar-refractivity contribution in [1.82, 2.24) is 19.8 Å². The largest absolute Gasteiger partial charge is 0.467 e. The molecule has 158 valence electrons. The first-order chi connectivity index (χ1) is 14.4. The minimum Gasteiger partial charge on any atom is -0.467 e. The Morgan fingerprint density at radius 2 is 2.17 bits per heavy atom. The minimum absolute atomic E-state index is 0.135. The Bertz CT molecular complexity index is 1160. The molecule has 4 rings (SSSR count). The van der Waals surface area contributed by atoms with Gasteiger partial charge in [0.25, 0.3) is 15.6 Å². The Morgan fingerprint density at radius 1 is 1.30 bits per heavy atom. The second-order valence-corrected chi connectivity index (χ2v) is 10.2. The van der Waals surface area contributed by atoms with Gasteiger partial charge in [0.15, 0.2) is 0 Å². The van der Waals surface area contributed by atoms with Crippen molar-refractivity contribution in [2.75, 3.05) is 13.1 Å². The molecule has 3 aromatic heterocycles. The number of hydrogen-bond donors (Lipinski definition) is 2. The number of hydrogen-bond acceptors (Lipinski definition) is 7. The fourth-order valence-electron chi connectivity index (χ4n) is 3.31. The molecule has 1 aliphatic rings. The van der Waals surface area contributed by atoms with Gasteiger partial charge in [0.2, 0.25) is 5.91 Å². The van der Waals surface area contributed by atoms with Gasteiger partial charge in [-0.2, -0.15) is 9.40 Å². The molecule has 11 heteroatoms. The molecule has 3 aromatic rings. The first kappa shape index (κ1) is 20.5. The number of amides is 1. The van der Waals surface area contributed by atoms with E-state index in [2.05, 4.69) is 15.5 Å². The highest BCUT2D eigenvalue weighted by Crippen LogP contribution is 2.32. The summed E-state index contributed by atoms with van der Waals surface area (Å²) in [6.07, 6.45) is 2.78. The van der Waals surface area contributed by atoms with Gasteiger partial charge in [0.05, 0.1) is 23.6 Å². The zero-order chi connectivity index (χ0) is 21.1. The van der Waals surface area contributed by atoms with Crippen molar-refractivity contribution in [3.05, 3.63) is 58.8 Å². The summed E-state index contributed by atoms with van der Waals surface area (Å²) in [5, 5.41) is 9.09. The average molecular weight is 449 g/mol. The van der Waals surface area contributed by atoms with Crippen molar-refractivity contribution < 1.29 is 17.6 Å². The second kappa shape index (κ2) is 8.54. The monoisotopic (exact) mass is 448 g/mol. The zero-order valence-corrected chi connectivity index (χ0v) is 17.5. The molecule has 30 heavy (non-hydrogen) atoms. The third-order valence-electron chi connectivity index (χ3n) is 4.88. The fourth-order valence-corrected chi connectivity index (χ4v) is 6.27. The van der Waals surface area contributed by atoms with Crippen LogP contribution in [0.15, 0.2) is 56.1 Å². The molecule has 1 saturated heterocycles. The minimum atomic E-state index is -3.73. The lowest BCUT2D eigenvalue weighted by Gasteiger charge is -2.30. The van der Waals surface area contributed by atoms with E-state index in [0.29, 0.717) is 35.7 Å². The third kappa shape index (κ3) is 4.37. The standard InChI is InChI=1S/C19H20N4O5S2/c24-17-7-5-15(21-22-17)16-6-8-18(29-16)30(26,27)23-9-1-3-13(12-23)19(25)20-11-14-4-2-10-28-14/h2,4-8,10,13H,1,3,9,11-12H2,(H,20,25)(H,22,24). The molecule has 1 aliphatic heterocycles. The van der Waals surface area contributed by atoms with Gasteiger partial charge in [0, 0.05) is 19.2 Å². The predicted octanol–water partition coefficient (Wildman–Crippen LogP) is 1.81. The third-order valence-corrected chi connectivity index (χ3v) is 8.32. The average Bonchev–Trinajstić information content (AvgIpc) is 3.45. The Kier molecular flexibility index (Phi) is 5.84. The van der Waals surface area contributed by atoms with Crippen molar-refractivity contribution >= 4 is 27.3 Å². The van der Waals surface area contributed by atoms with E-state index in [1.165, 1.54) is 22.7 Å². The van der Waals surface area contributed by atoms with E-state index in [9.17, 15) is 18.0 Å². The maximum atomic E-state index is 13.1. The van der Waals surface area contributed by atoms with Gasteiger partial charge in [-0.1, -0.05) is 0 Å². The number of carbonyl (C=O) groups excluding carboxylic acids is 1. The Balaban J connectivity index is 1.45. The van der Waals surface area contributed by atoms with Gasteiger partial charge in [0.1, 0.15) is 15.7 Å². The Labute approximate surface area is 176 Å². The van der Waals surface area contributed by atoms with Crippen molar-refractivity contribution in [3.63, 3.8) is 0 Å². The van der Waals surface area contributed by atoms with E-state index >= 15 is 0 Å². The van der Waals surface area contributed by atoms with Crippen LogP contribution in [-0.2, 0) is 21.4 Å². The van der Waals surface area contributed by atoms with E-state index in [1.54, 1.807) is 24.3 Å². The molecule has 2 N–H and O–H groups in total. The number of thiophene rings is 1. The van der Waals surface area contributed by atoms with Crippen LogP contribution in [0.25, 0.3) is 10.6 Å². The number of aromatic amines is 1. The highest BCUT2D eigenvalue weighted by atomic mass is 32.2. The number of nitrogens with one attached hydrogen (secondary N) is 2. The highest BCUT2D eigenvalue weighted by molar-refractivity contribution is 7.91. The summed E-state index contributed by atoms with van der Waals surface area (Å²) in [6, 6.07) is 9.59. The molecular weight excluding hydrogens is 428 g/mol. The normalized spacial score (nSPS) is 17.7. The molecule has 1 unspecified atom stereocenters. The Hall–Kier alpha value is -2.76. The maximum Gasteiger partial charge on any atom is 0.264 e. The van der Waals surface area contributed by atoms with E-state index in [-0.39, 0.29) is 28.8 Å². The summed E-state index contributed by atoms with van der Waals surface area (Å²) < 4.78 is 33.0. The van der Waals surface area contributed by atoms with Crippen LogP contribution in [0.2, 0.25) is 0 Å². The fraction of sp³-hybridized carbons (Fsp3) is 0.316. The number of nitrogens with zero attached hydrogens (tertiary/aromatic N) is 2. The summed E-state index contributed by atoms with van der Waals surface area (Å²) in [6.45, 7) is 0.778. The van der Waals surface area contributed by atoms with Gasteiger partial charge in [-0.25, -0.2) is 13.5 Å². The molecule has 1 amide bonds. The molecule has 1 atom stereocenters. The van der Waals surface area contributed by atoms with Crippen molar-refractivity contribution in [3.8, 4) is 10.6 Å². The summed E-state index contributed by atoms with van der Waals surface area (Å²) in [7, 11) is -3.73. The molecule has 0 aromatic carbocycles. The van der Waals surface area contributed by atoms with Gasteiger partial charge < -0.3 is 9.73 Å². The van der Waals surface area contributed by atoms with Crippen molar-refractivity contribution in [2.24, 2.45) is 5.92 Å². The molecule has 0 radical (unpaired) electrons. The predicted molar refractivity (Wildman–Crippen MR) is 110 cm³/mol. The number of rotatable bonds is 6. The topological polar surface area (TPSA) is 125 Å². The van der Waals surface area contributed by atoms with Crippen LogP contribution in [0, 0.1) is 5.92 Å². The Morgan fingerprint density at radius 3 is 2.90 bits per heavy atom. The van der Waals surface area contributed by atoms with E-state index < -0.39 is 15.9 Å². The van der Waals surface area contributed by atoms with E-state index in [0.717, 1.165) is 11.3 Å². The number of piperidine rings is 1. The first-order valence-corrected chi connectivity index (χ1v) is 11.7. The molecular formula is C19H20N4O5S2. The molecule has 4 heterocycles. The van der Waals surface area contributed by atoms with Crippen LogP contribution in [0.3, 0.4) is 0 Å². The van der Waals surface area contributed by atoms with Crippen molar-refractivity contribution in [1.29, 1.82) is 0 Å². The van der Waals surface area contributed by atoms with Gasteiger partial charge in [-0.3, -0.25) is 9.59 Å². The maximum absolute atomic E-state index is 13.1. The molecule has 0 saturated carbocycles. The molecule has 1 fully saturated rings. The van der Waals surface area contributed by atoms with Crippen LogP contribution in [0.1, 0.15) is 18.6 Å². The smallest absolute Gasteiger partial charge is 0.264 e. The van der Waals surface area contributed by atoms with Crippen LogP contribution in [0.4, 0.5) is 0 Å². The first-order valence-electron chi connectivity index (χ1n) is 9.40. The van der Waals surface area contributed by atoms with Crippen LogP contribution < -0.4 is 10.9 Å². The number of carbonyl (C=O) groups is 1. The lowest BCUT2D eigenvalue weighted by molar-refractivity contribution is -0.126. The van der Waals surface area contributed by atoms with E-state index in [4.69, 9.17) is 4.42 Å². The summed E-state index contributed by atoms with van der Waals surface area (Å²) in [5.74, 6) is 0.0463. The molecule has 0 bridgehead atoms. The SMILES string of the molecule is O=C(NCc1ccco1)C1CCCN(S(=O)(=O)c2ccc(-c3ccc(=O)[nH]n3)s2)C1. The van der Waals surface area contributed by atoms with Gasteiger partial charge in [-0.15, -0.1) is 11.3 Å². The number of furan rings is 1. The molecule has 9 nitrogen and oxygen atoms in total. The van der Waals surface area contributed by atoms with Gasteiger partial charge in [-0.05, 0) is 43.2 Å². The zero-order valence-electron chi connectivity index (χ0n) is 15.9. The summed E-state index contributed by atoms with van der Waals surface area (Å²) in [5.41, 5.74) is 0.169. The van der Waals surface area contributed by atoms with Crippen LogP contribution in [0.5, 0.6) is 0 Å². The number of aromatic nitrogens is 2. The van der Waals surface area contributed by atoms with Crippen molar-refractivity contribution in [2.45, 2.75) is 23.6 Å². The van der Waals surface area contributed by atoms with Crippen LogP contribution in [-0.4, -0.2) is 41.9 Å². The van der Waals surface area contributed by atoms with E-state index in [1.807, 2.05) is 0 Å². The summed E-state index contributed by atoms with van der Waals surface area (Å²) in [4.78, 5) is 24.3. The molecule has 0 aliphatic carbocycles. The lowest BCUT2D eigenvalue weighted by Crippen LogP contribution is -2.45. The van der Waals surface area contributed by atoms with Crippen LogP contribution >= 0.6 is 11.3 Å². The van der Waals surface area contributed by atoms with Gasteiger partial charge >= 0.3 is 0 Å². The lowest BCUT2D eigenvalue weighted by atomic mass is 9.99. The second-order valence-electron chi connectivity index (χ2n) is 6.92. The number of H-pyrrole nitrogens is 1. The quantitative estimate of drug-likeness (QED) is 0.592.